The van der Waals surface area contributed by atoms with E-state index in [1.54, 1.807) is 25.1 Å². The number of hydrogen-bond acceptors (Lipinski definition) is 5. The number of hydrogen-bond donors (Lipinski definition) is 1. The minimum absolute atomic E-state index is 0.377. The molecule has 0 bridgehead atoms. The third kappa shape index (κ3) is 3.96. The maximum atomic E-state index is 13.2. The fraction of sp³-hybridized carbons (Fsp3) is 0.130. The summed E-state index contributed by atoms with van der Waals surface area (Å²) in [5.41, 5.74) is 2.37. The summed E-state index contributed by atoms with van der Waals surface area (Å²) >= 11 is 0. The van der Waals surface area contributed by atoms with Crippen LogP contribution in [0.25, 0.3) is 21.9 Å². The van der Waals surface area contributed by atoms with E-state index in [9.17, 15) is 9.18 Å². The number of nitrogens with zero attached hydrogens (tertiary/aromatic N) is 1. The van der Waals surface area contributed by atoms with Crippen molar-refractivity contribution in [1.82, 2.24) is 0 Å². The number of benzene rings is 3. The number of ether oxygens (including phenoxy) is 1. The molecule has 0 radical (unpaired) electrons. The van der Waals surface area contributed by atoms with Crippen molar-refractivity contribution in [3.8, 4) is 5.75 Å². The van der Waals surface area contributed by atoms with E-state index in [1.165, 1.54) is 25.5 Å². The third-order valence-corrected chi connectivity index (χ3v) is 4.60. The number of carbonyl (C=O) groups is 1. The van der Waals surface area contributed by atoms with Gasteiger partial charge in [-0.05, 0) is 36.8 Å². The molecule has 1 heterocycles. The minimum Gasteiger partial charge on any atom is -0.495 e. The second-order valence-corrected chi connectivity index (χ2v) is 6.67. The highest BCUT2D eigenvalue weighted by Gasteiger charge is 2.18. The van der Waals surface area contributed by atoms with E-state index in [0.29, 0.717) is 22.6 Å². The zero-order valence-corrected chi connectivity index (χ0v) is 16.4. The topological polar surface area (TPSA) is 73.1 Å². The molecule has 152 valence electrons. The van der Waals surface area contributed by atoms with Crippen molar-refractivity contribution in [3.05, 3.63) is 72.0 Å². The number of amides is 1. The first-order chi connectivity index (χ1) is 14.5. The molecule has 0 aliphatic carbocycles. The predicted molar refractivity (Wildman–Crippen MR) is 113 cm³/mol. The van der Waals surface area contributed by atoms with Gasteiger partial charge in [-0.15, -0.1) is 0 Å². The average molecular weight is 406 g/mol. The van der Waals surface area contributed by atoms with Crippen molar-refractivity contribution in [1.29, 1.82) is 0 Å². The Kier molecular flexibility index (Phi) is 5.34. The standard InChI is InChI=1S/C23H19FN2O4/c1-14(30-25-13-15-6-5-7-16(24)10-15)23(27)26-19-12-21-18(11-22(19)28-2)17-8-3-4-9-20(17)29-21/h3-14H,1-2H3,(H,26,27)/b25-13-/t14-/m1/s1. The van der Waals surface area contributed by atoms with E-state index in [-0.39, 0.29) is 5.82 Å². The summed E-state index contributed by atoms with van der Waals surface area (Å²) in [4.78, 5) is 17.7. The molecular formula is C23H19FN2O4. The van der Waals surface area contributed by atoms with Crippen LogP contribution in [0.1, 0.15) is 12.5 Å². The maximum Gasteiger partial charge on any atom is 0.268 e. The molecule has 1 amide bonds. The average Bonchev–Trinajstić information content (AvgIpc) is 3.10. The zero-order chi connectivity index (χ0) is 21.1. The maximum absolute atomic E-state index is 13.2. The molecule has 3 aromatic carbocycles. The summed E-state index contributed by atoms with van der Waals surface area (Å²) in [6.45, 7) is 1.56. The summed E-state index contributed by atoms with van der Waals surface area (Å²) in [5.74, 6) is -0.296. The molecule has 1 aromatic heterocycles. The van der Waals surface area contributed by atoms with Crippen molar-refractivity contribution in [2.24, 2.45) is 5.16 Å². The molecule has 0 aliphatic heterocycles. The molecule has 4 rings (SSSR count). The SMILES string of the molecule is COc1cc2c(cc1NC(=O)[C@@H](C)O/N=C\c1cccc(F)c1)oc1ccccc12. The lowest BCUT2D eigenvalue weighted by Crippen LogP contribution is -2.26. The van der Waals surface area contributed by atoms with E-state index in [2.05, 4.69) is 10.5 Å². The molecule has 7 heteroatoms. The van der Waals surface area contributed by atoms with Crippen LogP contribution in [0.2, 0.25) is 0 Å². The lowest BCUT2D eigenvalue weighted by Gasteiger charge is -2.13. The van der Waals surface area contributed by atoms with Crippen LogP contribution in [0.5, 0.6) is 5.75 Å². The molecule has 0 spiro atoms. The quantitative estimate of drug-likeness (QED) is 0.357. The first kappa shape index (κ1) is 19.4. The van der Waals surface area contributed by atoms with Gasteiger partial charge in [0.1, 0.15) is 22.7 Å². The number of oxime groups is 1. The molecule has 1 atom stereocenters. The second kappa shape index (κ2) is 8.24. The summed E-state index contributed by atoms with van der Waals surface area (Å²) in [7, 11) is 1.53. The fourth-order valence-electron chi connectivity index (χ4n) is 3.07. The Hall–Kier alpha value is -3.87. The minimum atomic E-state index is -0.883. The number of rotatable bonds is 6. The fourth-order valence-corrected chi connectivity index (χ4v) is 3.07. The molecule has 1 N–H and O–H groups in total. The third-order valence-electron chi connectivity index (χ3n) is 4.60. The highest BCUT2D eigenvalue weighted by Crippen LogP contribution is 2.36. The van der Waals surface area contributed by atoms with Crippen molar-refractivity contribution >= 4 is 39.7 Å². The molecule has 0 aliphatic rings. The number of fused-ring (bicyclic) bond motifs is 3. The van der Waals surface area contributed by atoms with Gasteiger partial charge in [-0.25, -0.2) is 4.39 Å². The van der Waals surface area contributed by atoms with E-state index >= 15 is 0 Å². The Morgan fingerprint density at radius 3 is 2.73 bits per heavy atom. The van der Waals surface area contributed by atoms with E-state index in [4.69, 9.17) is 14.0 Å². The van der Waals surface area contributed by atoms with Gasteiger partial charge in [0.15, 0.2) is 0 Å². The highest BCUT2D eigenvalue weighted by molar-refractivity contribution is 6.08. The van der Waals surface area contributed by atoms with Crippen LogP contribution in [-0.2, 0) is 9.63 Å². The van der Waals surface area contributed by atoms with Gasteiger partial charge in [-0.3, -0.25) is 4.79 Å². The van der Waals surface area contributed by atoms with Crippen molar-refractivity contribution in [2.75, 3.05) is 12.4 Å². The monoisotopic (exact) mass is 406 g/mol. The number of para-hydroxylation sites is 1. The molecule has 0 fully saturated rings. The molecule has 6 nitrogen and oxygen atoms in total. The molecule has 0 saturated carbocycles. The van der Waals surface area contributed by atoms with Crippen LogP contribution in [0.3, 0.4) is 0 Å². The molecule has 30 heavy (non-hydrogen) atoms. The molecule has 0 saturated heterocycles. The van der Waals surface area contributed by atoms with Gasteiger partial charge in [0.2, 0.25) is 6.10 Å². The molecule has 4 aromatic rings. The van der Waals surface area contributed by atoms with Crippen LogP contribution in [0.15, 0.2) is 70.2 Å². The Morgan fingerprint density at radius 2 is 1.93 bits per heavy atom. The van der Waals surface area contributed by atoms with Crippen LogP contribution in [0.4, 0.5) is 10.1 Å². The van der Waals surface area contributed by atoms with Gasteiger partial charge in [-0.2, -0.15) is 0 Å². The number of anilines is 1. The largest absolute Gasteiger partial charge is 0.495 e. The Morgan fingerprint density at radius 1 is 1.10 bits per heavy atom. The van der Waals surface area contributed by atoms with Gasteiger partial charge in [0.05, 0.1) is 19.0 Å². The van der Waals surface area contributed by atoms with Crippen LogP contribution in [-0.4, -0.2) is 25.3 Å². The summed E-state index contributed by atoms with van der Waals surface area (Å²) in [5, 5.41) is 8.39. The summed E-state index contributed by atoms with van der Waals surface area (Å²) in [6.07, 6.45) is 0.458. The van der Waals surface area contributed by atoms with Crippen LogP contribution < -0.4 is 10.1 Å². The van der Waals surface area contributed by atoms with E-state index in [1.807, 2.05) is 30.3 Å². The predicted octanol–water partition coefficient (Wildman–Crippen LogP) is 5.11. The summed E-state index contributed by atoms with van der Waals surface area (Å²) in [6, 6.07) is 17.1. The lowest BCUT2D eigenvalue weighted by molar-refractivity contribution is -0.126. The smallest absolute Gasteiger partial charge is 0.268 e. The van der Waals surface area contributed by atoms with Gasteiger partial charge in [0.25, 0.3) is 5.91 Å². The Labute approximate surface area is 171 Å². The number of furan rings is 1. The summed E-state index contributed by atoms with van der Waals surface area (Å²) < 4.78 is 24.5. The van der Waals surface area contributed by atoms with Crippen molar-refractivity contribution in [3.63, 3.8) is 0 Å². The van der Waals surface area contributed by atoms with Gasteiger partial charge in [0, 0.05) is 16.8 Å². The van der Waals surface area contributed by atoms with Crippen molar-refractivity contribution < 1.29 is 23.2 Å². The molecule has 0 unspecified atom stereocenters. The normalized spacial score (nSPS) is 12.4. The number of nitrogens with one attached hydrogen (secondary N) is 1. The molecular weight excluding hydrogens is 387 g/mol. The van der Waals surface area contributed by atoms with Crippen LogP contribution in [0, 0.1) is 5.82 Å². The first-order valence-electron chi connectivity index (χ1n) is 9.30. The highest BCUT2D eigenvalue weighted by atomic mass is 19.1. The van der Waals surface area contributed by atoms with Crippen molar-refractivity contribution in [2.45, 2.75) is 13.0 Å². The Balaban J connectivity index is 1.51. The van der Waals surface area contributed by atoms with Crippen LogP contribution >= 0.6 is 0 Å². The number of carbonyl (C=O) groups excluding carboxylic acids is 1. The number of methoxy groups -OCH3 is 1. The van der Waals surface area contributed by atoms with Gasteiger partial charge >= 0.3 is 0 Å². The number of halogens is 1. The Bertz CT molecular complexity index is 1250. The second-order valence-electron chi connectivity index (χ2n) is 6.67. The van der Waals surface area contributed by atoms with Gasteiger partial charge in [-0.1, -0.05) is 35.5 Å². The first-order valence-corrected chi connectivity index (χ1v) is 9.30. The van der Waals surface area contributed by atoms with Gasteiger partial charge < -0.3 is 19.3 Å². The zero-order valence-electron chi connectivity index (χ0n) is 16.4. The van der Waals surface area contributed by atoms with E-state index < -0.39 is 12.0 Å². The van der Waals surface area contributed by atoms with E-state index in [0.717, 1.165) is 16.4 Å². The lowest BCUT2D eigenvalue weighted by atomic mass is 10.1.